The van der Waals surface area contributed by atoms with Crippen molar-refractivity contribution in [1.82, 2.24) is 10.3 Å². The van der Waals surface area contributed by atoms with Crippen LogP contribution in [0.1, 0.15) is 43.0 Å². The molecule has 0 spiro atoms. The number of anilines is 1. The highest BCUT2D eigenvalue weighted by molar-refractivity contribution is 5.95. The van der Waals surface area contributed by atoms with Gasteiger partial charge in [-0.25, -0.2) is 14.2 Å². The van der Waals surface area contributed by atoms with Crippen molar-refractivity contribution in [2.75, 3.05) is 11.9 Å². The van der Waals surface area contributed by atoms with Crippen LogP contribution in [0.4, 0.5) is 10.1 Å². The Morgan fingerprint density at radius 3 is 2.44 bits per heavy atom. The van der Waals surface area contributed by atoms with Gasteiger partial charge in [-0.3, -0.25) is 4.79 Å². The molecule has 1 fully saturated rings. The molecule has 6 nitrogen and oxygen atoms in total. The first-order chi connectivity index (χ1) is 15.4. The Bertz CT molecular complexity index is 1140. The fraction of sp³-hybridized carbons (Fsp3) is 0.320. The number of benzene rings is 2. The number of hydrogen-bond acceptors (Lipinski definition) is 4. The average molecular weight is 435 g/mol. The lowest BCUT2D eigenvalue weighted by atomic mass is 9.86. The molecule has 32 heavy (non-hydrogen) atoms. The molecule has 7 heteroatoms. The summed E-state index contributed by atoms with van der Waals surface area (Å²) in [5.74, 6) is -0.827. The molecule has 1 saturated carbocycles. The number of rotatable bonds is 6. The molecule has 166 valence electrons. The Labute approximate surface area is 185 Å². The highest BCUT2D eigenvalue weighted by atomic mass is 19.1. The molecule has 1 aromatic heterocycles. The van der Waals surface area contributed by atoms with E-state index in [1.54, 1.807) is 31.2 Å². The quantitative estimate of drug-likeness (QED) is 0.515. The molecular weight excluding hydrogens is 409 g/mol. The Morgan fingerprint density at radius 1 is 1.06 bits per heavy atom. The molecule has 3 aromatic rings. The van der Waals surface area contributed by atoms with E-state index in [9.17, 15) is 19.1 Å². The van der Waals surface area contributed by atoms with Crippen molar-refractivity contribution in [3.63, 3.8) is 0 Å². The van der Waals surface area contributed by atoms with Crippen LogP contribution in [-0.4, -0.2) is 34.6 Å². The predicted octanol–water partition coefficient (Wildman–Crippen LogP) is 4.85. The van der Waals surface area contributed by atoms with Crippen molar-refractivity contribution < 1.29 is 19.1 Å². The van der Waals surface area contributed by atoms with Crippen LogP contribution in [-0.2, 0) is 4.79 Å². The maximum Gasteiger partial charge on any atom is 0.335 e. The molecule has 1 amide bonds. The summed E-state index contributed by atoms with van der Waals surface area (Å²) in [5.41, 5.74) is 3.15. The molecule has 3 N–H and O–H groups in total. The van der Waals surface area contributed by atoms with E-state index in [2.05, 4.69) is 10.6 Å². The van der Waals surface area contributed by atoms with E-state index in [0.717, 1.165) is 48.9 Å². The minimum Gasteiger partial charge on any atom is -0.478 e. The number of halogens is 1. The molecule has 1 heterocycles. The Hall–Kier alpha value is -3.48. The summed E-state index contributed by atoms with van der Waals surface area (Å²) < 4.78 is 13.5. The summed E-state index contributed by atoms with van der Waals surface area (Å²) in [6, 6.07) is 13.2. The van der Waals surface area contributed by atoms with E-state index in [-0.39, 0.29) is 23.3 Å². The molecule has 0 radical (unpaired) electrons. The van der Waals surface area contributed by atoms with Crippen LogP contribution < -0.4 is 10.6 Å². The fourth-order valence-corrected chi connectivity index (χ4v) is 4.32. The minimum absolute atomic E-state index is 0.0125. The van der Waals surface area contributed by atoms with Crippen molar-refractivity contribution in [1.29, 1.82) is 0 Å². The van der Waals surface area contributed by atoms with Crippen molar-refractivity contribution in [2.24, 2.45) is 5.92 Å². The van der Waals surface area contributed by atoms with E-state index in [4.69, 9.17) is 4.98 Å². The molecular formula is C25H26FN3O3. The first-order valence-corrected chi connectivity index (χ1v) is 10.8. The van der Waals surface area contributed by atoms with E-state index in [0.29, 0.717) is 17.1 Å². The summed E-state index contributed by atoms with van der Waals surface area (Å²) in [4.78, 5) is 27.4. The lowest BCUT2D eigenvalue weighted by molar-refractivity contribution is -0.119. The molecule has 0 saturated heterocycles. The number of aromatic nitrogens is 1. The van der Waals surface area contributed by atoms with Crippen LogP contribution in [0.15, 0.2) is 48.5 Å². The normalized spacial score (nSPS) is 18.3. The number of nitrogens with one attached hydrogen (secondary N) is 2. The lowest BCUT2D eigenvalue weighted by Gasteiger charge is -2.29. The van der Waals surface area contributed by atoms with Gasteiger partial charge in [0.2, 0.25) is 5.91 Å². The van der Waals surface area contributed by atoms with Gasteiger partial charge in [0.15, 0.2) is 0 Å². The molecule has 1 aliphatic carbocycles. The zero-order chi connectivity index (χ0) is 22.7. The first-order valence-electron chi connectivity index (χ1n) is 10.8. The lowest BCUT2D eigenvalue weighted by Crippen LogP contribution is -2.37. The topological polar surface area (TPSA) is 91.3 Å². The number of carbonyl (C=O) groups excluding carboxylic acids is 1. The molecule has 0 unspecified atom stereocenters. The number of fused-ring (bicyclic) bond motifs is 1. The Morgan fingerprint density at radius 2 is 1.78 bits per heavy atom. The van der Waals surface area contributed by atoms with Gasteiger partial charge in [-0.05, 0) is 80.1 Å². The second-order valence-electron chi connectivity index (χ2n) is 8.40. The van der Waals surface area contributed by atoms with Crippen LogP contribution in [0.3, 0.4) is 0 Å². The first kappa shape index (κ1) is 21.7. The zero-order valence-electron chi connectivity index (χ0n) is 17.9. The van der Waals surface area contributed by atoms with Crippen molar-refractivity contribution >= 4 is 28.5 Å². The van der Waals surface area contributed by atoms with Crippen LogP contribution in [0.2, 0.25) is 0 Å². The summed E-state index contributed by atoms with van der Waals surface area (Å²) in [5, 5.41) is 16.6. The number of carbonyl (C=O) groups is 2. The third-order valence-corrected chi connectivity index (χ3v) is 6.01. The highest BCUT2D eigenvalue weighted by Crippen LogP contribution is 2.32. The van der Waals surface area contributed by atoms with Gasteiger partial charge in [0.25, 0.3) is 0 Å². The third-order valence-electron chi connectivity index (χ3n) is 6.01. The monoisotopic (exact) mass is 435 g/mol. The standard InChI is InChI=1S/C25H26FN3O3/c1-15(30)28-21-9-2-16(3-10-21)14-27-23-13-19-12-18(25(31)32)6-11-22(19)29-24(23)17-4-7-20(26)8-5-17/h4-8,11-13,16,21,27H,2-3,9-10,14H2,1H3,(H,28,30)(H,31,32). The van der Waals surface area contributed by atoms with Crippen LogP contribution in [0, 0.1) is 11.7 Å². The zero-order valence-corrected chi connectivity index (χ0v) is 17.9. The summed E-state index contributed by atoms with van der Waals surface area (Å²) in [6.07, 6.45) is 3.92. The number of pyridine rings is 1. The number of hydrogen-bond donors (Lipinski definition) is 3. The SMILES string of the molecule is CC(=O)NC1CCC(CNc2cc3cc(C(=O)O)ccc3nc2-c2ccc(F)cc2)CC1. The third kappa shape index (κ3) is 5.04. The van der Waals surface area contributed by atoms with Gasteiger partial charge in [-0.15, -0.1) is 0 Å². The van der Waals surface area contributed by atoms with Gasteiger partial charge in [0, 0.05) is 30.5 Å². The molecule has 4 rings (SSSR count). The van der Waals surface area contributed by atoms with Gasteiger partial charge in [0.05, 0.1) is 22.5 Å². The molecule has 0 atom stereocenters. The van der Waals surface area contributed by atoms with Gasteiger partial charge >= 0.3 is 5.97 Å². The van der Waals surface area contributed by atoms with Crippen molar-refractivity contribution in [3.05, 3.63) is 59.9 Å². The summed E-state index contributed by atoms with van der Waals surface area (Å²) >= 11 is 0. The largest absolute Gasteiger partial charge is 0.478 e. The second-order valence-corrected chi connectivity index (χ2v) is 8.40. The highest BCUT2D eigenvalue weighted by Gasteiger charge is 2.22. The van der Waals surface area contributed by atoms with Crippen LogP contribution in [0.5, 0.6) is 0 Å². The van der Waals surface area contributed by atoms with E-state index >= 15 is 0 Å². The second kappa shape index (κ2) is 9.34. The number of amides is 1. The average Bonchev–Trinajstić information content (AvgIpc) is 2.78. The maximum absolute atomic E-state index is 13.5. The van der Waals surface area contributed by atoms with Gasteiger partial charge < -0.3 is 15.7 Å². The van der Waals surface area contributed by atoms with E-state index in [1.807, 2.05) is 6.07 Å². The van der Waals surface area contributed by atoms with Crippen molar-refractivity contribution in [3.8, 4) is 11.3 Å². The minimum atomic E-state index is -0.986. The van der Waals surface area contributed by atoms with E-state index in [1.165, 1.54) is 18.2 Å². The molecule has 0 bridgehead atoms. The summed E-state index contributed by atoms with van der Waals surface area (Å²) in [7, 11) is 0. The predicted molar refractivity (Wildman–Crippen MR) is 122 cm³/mol. The van der Waals surface area contributed by atoms with Crippen LogP contribution in [0.25, 0.3) is 22.2 Å². The summed E-state index contributed by atoms with van der Waals surface area (Å²) in [6.45, 7) is 2.29. The molecule has 0 aliphatic heterocycles. The smallest absolute Gasteiger partial charge is 0.335 e. The molecule has 1 aliphatic rings. The molecule has 2 aromatic carbocycles. The van der Waals surface area contributed by atoms with E-state index < -0.39 is 5.97 Å². The maximum atomic E-state index is 13.5. The number of carboxylic acid groups (broad SMARTS) is 1. The van der Waals surface area contributed by atoms with Gasteiger partial charge in [0.1, 0.15) is 5.82 Å². The Kier molecular flexibility index (Phi) is 6.35. The Balaban J connectivity index is 1.59. The van der Waals surface area contributed by atoms with Gasteiger partial charge in [-0.1, -0.05) is 0 Å². The van der Waals surface area contributed by atoms with Crippen LogP contribution >= 0.6 is 0 Å². The number of aromatic carboxylic acids is 1. The number of nitrogens with zero attached hydrogens (tertiary/aromatic N) is 1. The van der Waals surface area contributed by atoms with Gasteiger partial charge in [-0.2, -0.15) is 0 Å². The number of carboxylic acids is 1. The van der Waals surface area contributed by atoms with Crippen molar-refractivity contribution in [2.45, 2.75) is 38.6 Å². The fourth-order valence-electron chi connectivity index (χ4n) is 4.32.